The van der Waals surface area contributed by atoms with E-state index in [9.17, 15) is 0 Å². The van der Waals surface area contributed by atoms with Crippen molar-refractivity contribution in [2.24, 2.45) is 12.8 Å². The normalized spacial score (nSPS) is 12.9. The third-order valence-corrected chi connectivity index (χ3v) is 6.05. The fraction of sp³-hybridized carbons (Fsp3) is 0.364. The van der Waals surface area contributed by atoms with Crippen molar-refractivity contribution in [2.75, 3.05) is 0 Å². The van der Waals surface area contributed by atoms with Gasteiger partial charge in [0.1, 0.15) is 0 Å². The highest BCUT2D eigenvalue weighted by Gasteiger charge is 2.12. The lowest BCUT2D eigenvalue weighted by Gasteiger charge is -2.09. The highest BCUT2D eigenvalue weighted by Crippen LogP contribution is 2.35. The summed E-state index contributed by atoms with van der Waals surface area (Å²) in [6.07, 6.45) is 3.70. The van der Waals surface area contributed by atoms with Crippen LogP contribution in [0.3, 0.4) is 0 Å². The Hall–Kier alpha value is -0.170. The number of aromatic nitrogens is 2. The van der Waals surface area contributed by atoms with Crippen LogP contribution < -0.4 is 5.73 Å². The minimum Gasteiger partial charge on any atom is -0.323 e. The van der Waals surface area contributed by atoms with Gasteiger partial charge in [-0.1, -0.05) is 0 Å². The smallest absolute Gasteiger partial charge is 0.0843 e. The minimum atomic E-state index is 0.0810. The molecule has 0 aromatic carbocycles. The first-order chi connectivity index (χ1) is 8.08. The van der Waals surface area contributed by atoms with Gasteiger partial charge < -0.3 is 5.73 Å². The monoisotopic (exact) mass is 377 g/mol. The predicted molar refractivity (Wildman–Crippen MR) is 78.2 cm³/mol. The number of nitrogens with two attached hydrogens (primary N) is 1. The third kappa shape index (κ3) is 3.19. The Morgan fingerprint density at radius 2 is 2.29 bits per heavy atom. The van der Waals surface area contributed by atoms with Crippen LogP contribution in [0.2, 0.25) is 0 Å². The molecule has 3 nitrogen and oxygen atoms in total. The number of rotatable bonds is 4. The van der Waals surface area contributed by atoms with Crippen LogP contribution in [0.15, 0.2) is 26.6 Å². The van der Waals surface area contributed by atoms with Crippen LogP contribution in [0.25, 0.3) is 0 Å². The molecule has 6 heteroatoms. The second-order valence-electron chi connectivity index (χ2n) is 3.86. The van der Waals surface area contributed by atoms with Crippen molar-refractivity contribution in [1.29, 1.82) is 0 Å². The summed E-state index contributed by atoms with van der Waals surface area (Å²) >= 11 is 8.65. The molecular weight excluding hydrogens is 366 g/mol. The van der Waals surface area contributed by atoms with Gasteiger partial charge in [0, 0.05) is 34.3 Å². The first-order valence-electron chi connectivity index (χ1n) is 5.25. The SMILES string of the molecule is Cn1nccc1CCC(N)c1cc(Br)c(Br)s1. The van der Waals surface area contributed by atoms with Gasteiger partial charge in [-0.3, -0.25) is 4.68 Å². The largest absolute Gasteiger partial charge is 0.323 e. The molecule has 1 unspecified atom stereocenters. The van der Waals surface area contributed by atoms with E-state index in [1.165, 1.54) is 10.6 Å². The van der Waals surface area contributed by atoms with Crippen molar-refractivity contribution in [1.82, 2.24) is 9.78 Å². The molecule has 0 aliphatic heterocycles. The van der Waals surface area contributed by atoms with E-state index < -0.39 is 0 Å². The topological polar surface area (TPSA) is 43.8 Å². The zero-order valence-corrected chi connectivity index (χ0v) is 13.3. The summed E-state index contributed by atoms with van der Waals surface area (Å²) in [5.74, 6) is 0. The van der Waals surface area contributed by atoms with Crippen molar-refractivity contribution in [3.8, 4) is 0 Å². The number of hydrogen-bond donors (Lipinski definition) is 1. The Bertz CT molecular complexity index is 487. The Morgan fingerprint density at radius 3 is 2.82 bits per heavy atom. The van der Waals surface area contributed by atoms with E-state index in [0.29, 0.717) is 0 Å². The van der Waals surface area contributed by atoms with Crippen LogP contribution in [-0.2, 0) is 13.5 Å². The number of halogens is 2. The highest BCUT2D eigenvalue weighted by atomic mass is 79.9. The van der Waals surface area contributed by atoms with Gasteiger partial charge in [-0.05, 0) is 56.8 Å². The minimum absolute atomic E-state index is 0.0810. The first-order valence-corrected chi connectivity index (χ1v) is 7.65. The fourth-order valence-corrected chi connectivity index (χ4v) is 3.76. The van der Waals surface area contributed by atoms with Crippen molar-refractivity contribution in [3.05, 3.63) is 37.2 Å². The second kappa shape index (κ2) is 5.65. The standard InChI is InChI=1S/C11H13Br2N3S/c1-16-7(4-5-15-16)2-3-9(14)10-6-8(12)11(13)17-10/h4-6,9H,2-3,14H2,1H3. The van der Waals surface area contributed by atoms with E-state index in [2.05, 4.69) is 43.0 Å². The van der Waals surface area contributed by atoms with Crippen LogP contribution in [0.4, 0.5) is 0 Å². The van der Waals surface area contributed by atoms with Gasteiger partial charge in [0.05, 0.1) is 3.79 Å². The van der Waals surface area contributed by atoms with Crippen molar-refractivity contribution >= 4 is 43.2 Å². The predicted octanol–water partition coefficient (Wildman–Crippen LogP) is 3.64. The maximum atomic E-state index is 6.18. The number of thiophene rings is 1. The summed E-state index contributed by atoms with van der Waals surface area (Å²) in [6, 6.07) is 4.20. The average Bonchev–Trinajstić information content (AvgIpc) is 2.83. The van der Waals surface area contributed by atoms with Crippen molar-refractivity contribution in [2.45, 2.75) is 18.9 Å². The molecule has 2 N–H and O–H groups in total. The lowest BCUT2D eigenvalue weighted by atomic mass is 10.1. The number of aryl methyl sites for hydroxylation is 2. The molecule has 17 heavy (non-hydrogen) atoms. The first kappa shape index (κ1) is 13.3. The highest BCUT2D eigenvalue weighted by molar-refractivity contribution is 9.13. The molecule has 0 saturated carbocycles. The fourth-order valence-electron chi connectivity index (χ4n) is 1.64. The summed E-state index contributed by atoms with van der Waals surface area (Å²) < 4.78 is 4.07. The lowest BCUT2D eigenvalue weighted by Crippen LogP contribution is -2.11. The van der Waals surface area contributed by atoms with E-state index in [1.807, 2.05) is 24.0 Å². The summed E-state index contributed by atoms with van der Waals surface area (Å²) in [7, 11) is 1.96. The quantitative estimate of drug-likeness (QED) is 0.882. The molecule has 0 radical (unpaired) electrons. The number of nitrogens with zero attached hydrogens (tertiary/aromatic N) is 2. The van der Waals surface area contributed by atoms with Gasteiger partial charge in [-0.25, -0.2) is 0 Å². The molecular formula is C11H13Br2N3S. The Morgan fingerprint density at radius 1 is 1.53 bits per heavy atom. The molecule has 92 valence electrons. The molecule has 0 spiro atoms. The molecule has 0 amide bonds. The molecule has 0 aliphatic rings. The molecule has 2 aromatic heterocycles. The number of hydrogen-bond acceptors (Lipinski definition) is 3. The zero-order chi connectivity index (χ0) is 12.4. The molecule has 2 rings (SSSR count). The molecule has 2 heterocycles. The molecule has 0 bridgehead atoms. The maximum Gasteiger partial charge on any atom is 0.0843 e. The van der Waals surface area contributed by atoms with Gasteiger partial charge in [0.15, 0.2) is 0 Å². The van der Waals surface area contributed by atoms with Gasteiger partial charge in [-0.15, -0.1) is 11.3 Å². The zero-order valence-electron chi connectivity index (χ0n) is 9.36. The molecule has 0 saturated heterocycles. The van der Waals surface area contributed by atoms with Crippen LogP contribution in [0.1, 0.15) is 23.0 Å². The van der Waals surface area contributed by atoms with E-state index in [1.54, 1.807) is 11.3 Å². The van der Waals surface area contributed by atoms with E-state index in [4.69, 9.17) is 5.73 Å². The molecule has 2 aromatic rings. The van der Waals surface area contributed by atoms with Crippen LogP contribution in [0.5, 0.6) is 0 Å². The van der Waals surface area contributed by atoms with Crippen LogP contribution in [-0.4, -0.2) is 9.78 Å². The van der Waals surface area contributed by atoms with Crippen LogP contribution >= 0.6 is 43.2 Å². The molecule has 0 fully saturated rings. The van der Waals surface area contributed by atoms with Crippen molar-refractivity contribution < 1.29 is 0 Å². The van der Waals surface area contributed by atoms with Gasteiger partial charge >= 0.3 is 0 Å². The van der Waals surface area contributed by atoms with Crippen LogP contribution in [0, 0.1) is 0 Å². The van der Waals surface area contributed by atoms with Gasteiger partial charge in [0.25, 0.3) is 0 Å². The summed E-state index contributed by atoms with van der Waals surface area (Å²) in [4.78, 5) is 1.20. The van der Waals surface area contributed by atoms with Gasteiger partial charge in [0.2, 0.25) is 0 Å². The average molecular weight is 379 g/mol. The lowest BCUT2D eigenvalue weighted by molar-refractivity contribution is 0.620. The Labute approximate surface area is 121 Å². The van der Waals surface area contributed by atoms with Crippen molar-refractivity contribution in [3.63, 3.8) is 0 Å². The third-order valence-electron chi connectivity index (χ3n) is 2.66. The van der Waals surface area contributed by atoms with E-state index in [0.717, 1.165) is 21.1 Å². The van der Waals surface area contributed by atoms with E-state index >= 15 is 0 Å². The Balaban J connectivity index is 1.98. The molecule has 1 atom stereocenters. The summed E-state index contributed by atoms with van der Waals surface area (Å²) in [6.45, 7) is 0. The summed E-state index contributed by atoms with van der Waals surface area (Å²) in [5.41, 5.74) is 7.40. The van der Waals surface area contributed by atoms with E-state index in [-0.39, 0.29) is 6.04 Å². The Kier molecular flexibility index (Phi) is 4.41. The molecule has 0 aliphatic carbocycles. The maximum absolute atomic E-state index is 6.18. The second-order valence-corrected chi connectivity index (χ2v) is 7.12. The van der Waals surface area contributed by atoms with Gasteiger partial charge in [-0.2, -0.15) is 5.10 Å². The summed E-state index contributed by atoms with van der Waals surface area (Å²) in [5, 5.41) is 4.15.